The fraction of sp³-hybridized carbons (Fsp3) is 0.786. The molecule has 0 N–H and O–H groups in total. The van der Waals surface area contributed by atoms with Crippen LogP contribution in [0.4, 0.5) is 0 Å². The summed E-state index contributed by atoms with van der Waals surface area (Å²) in [7, 11) is 0. The van der Waals surface area contributed by atoms with E-state index in [0.29, 0.717) is 13.0 Å². The molecule has 0 spiro atoms. The molecular weight excluding hydrogens is 536 g/mol. The Morgan fingerprint density at radius 1 is 0.386 bits per heavy atom. The molecule has 0 aliphatic carbocycles. The van der Waals surface area contributed by atoms with Crippen molar-refractivity contribution in [2.75, 3.05) is 6.61 Å². The molecule has 2 nitrogen and oxygen atoms in total. The molecule has 0 fully saturated rings. The molecule has 0 radical (unpaired) electrons. The van der Waals surface area contributed by atoms with E-state index < -0.39 is 0 Å². The molecular formula is C42H76O2. The van der Waals surface area contributed by atoms with Crippen LogP contribution >= 0.6 is 0 Å². The zero-order valence-corrected chi connectivity index (χ0v) is 29.9. The van der Waals surface area contributed by atoms with Crippen LogP contribution in [0.2, 0.25) is 0 Å². The Labute approximate surface area is 276 Å². The maximum Gasteiger partial charge on any atom is 0.305 e. The molecule has 0 aliphatic heterocycles. The van der Waals surface area contributed by atoms with Gasteiger partial charge in [-0.25, -0.2) is 0 Å². The van der Waals surface area contributed by atoms with E-state index in [1.165, 1.54) is 141 Å². The summed E-state index contributed by atoms with van der Waals surface area (Å²) in [5.41, 5.74) is 0. The van der Waals surface area contributed by atoms with Gasteiger partial charge >= 0.3 is 5.97 Å². The van der Waals surface area contributed by atoms with Crippen LogP contribution < -0.4 is 0 Å². The van der Waals surface area contributed by atoms with Gasteiger partial charge in [-0.05, 0) is 57.8 Å². The summed E-state index contributed by atoms with van der Waals surface area (Å²) in [6.07, 6.45) is 56.2. The van der Waals surface area contributed by atoms with Crippen LogP contribution in [0.5, 0.6) is 0 Å². The first-order chi connectivity index (χ1) is 21.8. The molecule has 44 heavy (non-hydrogen) atoms. The average Bonchev–Trinajstić information content (AvgIpc) is 3.03. The number of carbonyl (C=O) groups is 1. The summed E-state index contributed by atoms with van der Waals surface area (Å²) < 4.78 is 5.42. The lowest BCUT2D eigenvalue weighted by molar-refractivity contribution is -0.143. The van der Waals surface area contributed by atoms with Gasteiger partial charge in [-0.2, -0.15) is 0 Å². The molecule has 0 aliphatic rings. The molecule has 0 heterocycles. The second-order valence-corrected chi connectivity index (χ2v) is 12.9. The van der Waals surface area contributed by atoms with Crippen LogP contribution in [0, 0.1) is 0 Å². The van der Waals surface area contributed by atoms with Gasteiger partial charge in [0.25, 0.3) is 0 Å². The van der Waals surface area contributed by atoms with Gasteiger partial charge in [0.05, 0.1) is 6.61 Å². The lowest BCUT2D eigenvalue weighted by Crippen LogP contribution is -2.05. The third-order valence-corrected chi connectivity index (χ3v) is 8.47. The lowest BCUT2D eigenvalue weighted by atomic mass is 10.0. The molecule has 0 amide bonds. The topological polar surface area (TPSA) is 26.3 Å². The Bertz CT molecular complexity index is 671. The van der Waals surface area contributed by atoms with Gasteiger partial charge in [0, 0.05) is 6.42 Å². The summed E-state index contributed by atoms with van der Waals surface area (Å²) in [5, 5.41) is 0. The predicted octanol–water partition coefficient (Wildman–Crippen LogP) is 14.5. The van der Waals surface area contributed by atoms with Crippen LogP contribution in [0.3, 0.4) is 0 Å². The van der Waals surface area contributed by atoms with Gasteiger partial charge in [-0.3, -0.25) is 4.79 Å². The minimum Gasteiger partial charge on any atom is -0.466 e. The molecule has 2 heteroatoms. The third-order valence-electron chi connectivity index (χ3n) is 8.47. The molecule has 0 aromatic rings. The Kier molecular flexibility index (Phi) is 38.0. The van der Waals surface area contributed by atoms with Crippen molar-refractivity contribution in [1.29, 1.82) is 0 Å². The monoisotopic (exact) mass is 613 g/mol. The first-order valence-electron chi connectivity index (χ1n) is 19.6. The maximum absolute atomic E-state index is 12.0. The van der Waals surface area contributed by atoms with Crippen molar-refractivity contribution in [2.24, 2.45) is 0 Å². The Hall–Kier alpha value is -1.57. The quantitative estimate of drug-likeness (QED) is 0.0404. The molecule has 0 aromatic carbocycles. The molecule has 0 saturated heterocycles. The first-order valence-corrected chi connectivity index (χ1v) is 19.6. The number of carbonyl (C=O) groups excluding carboxylic acids is 1. The highest BCUT2D eigenvalue weighted by atomic mass is 16.5. The van der Waals surface area contributed by atoms with E-state index in [9.17, 15) is 4.79 Å². The largest absolute Gasteiger partial charge is 0.466 e. The Balaban J connectivity index is 3.30. The number of esters is 1. The van der Waals surface area contributed by atoms with Gasteiger partial charge in [-0.1, -0.05) is 191 Å². The van der Waals surface area contributed by atoms with Crippen LogP contribution in [-0.2, 0) is 9.53 Å². The van der Waals surface area contributed by atoms with E-state index >= 15 is 0 Å². The summed E-state index contributed by atoms with van der Waals surface area (Å²) in [6.45, 7) is 5.12. The van der Waals surface area contributed by atoms with Crippen molar-refractivity contribution in [3.05, 3.63) is 48.6 Å². The number of ether oxygens (including phenoxy) is 1. The van der Waals surface area contributed by atoms with E-state index in [0.717, 1.165) is 44.9 Å². The van der Waals surface area contributed by atoms with Crippen LogP contribution in [0.1, 0.15) is 206 Å². The smallest absolute Gasteiger partial charge is 0.305 e. The van der Waals surface area contributed by atoms with Crippen molar-refractivity contribution >= 4 is 5.97 Å². The molecule has 0 atom stereocenters. The van der Waals surface area contributed by atoms with Crippen molar-refractivity contribution in [2.45, 2.75) is 206 Å². The van der Waals surface area contributed by atoms with Crippen LogP contribution in [0.15, 0.2) is 48.6 Å². The normalized spacial score (nSPS) is 12.1. The SMILES string of the molecule is CCCCC/C=C\C/C=C\C/C=C\C/C=C\CCCCOC(=O)CCCCCCCCCCCCCCCCCCCCC. The van der Waals surface area contributed by atoms with Crippen molar-refractivity contribution in [3.63, 3.8) is 0 Å². The fourth-order valence-corrected chi connectivity index (χ4v) is 5.53. The maximum atomic E-state index is 12.0. The number of unbranched alkanes of at least 4 members (excludes halogenated alkanes) is 23. The van der Waals surface area contributed by atoms with E-state index in [2.05, 4.69) is 62.5 Å². The molecule has 0 bridgehead atoms. The highest BCUT2D eigenvalue weighted by Gasteiger charge is 2.02. The number of hydrogen-bond donors (Lipinski definition) is 0. The average molecular weight is 613 g/mol. The molecule has 0 saturated carbocycles. The summed E-state index contributed by atoms with van der Waals surface area (Å²) in [5.74, 6) is -0.00491. The van der Waals surface area contributed by atoms with Gasteiger partial charge in [-0.15, -0.1) is 0 Å². The zero-order valence-electron chi connectivity index (χ0n) is 29.9. The second kappa shape index (κ2) is 39.5. The number of rotatable bonds is 35. The highest BCUT2D eigenvalue weighted by molar-refractivity contribution is 5.69. The predicted molar refractivity (Wildman–Crippen MR) is 197 cm³/mol. The molecule has 0 unspecified atom stereocenters. The Morgan fingerprint density at radius 3 is 1.11 bits per heavy atom. The number of allylic oxidation sites excluding steroid dienone is 8. The molecule has 0 rings (SSSR count). The Morgan fingerprint density at radius 2 is 0.705 bits per heavy atom. The van der Waals surface area contributed by atoms with Gasteiger partial charge in [0.15, 0.2) is 0 Å². The van der Waals surface area contributed by atoms with Crippen LogP contribution in [-0.4, -0.2) is 12.6 Å². The summed E-state index contributed by atoms with van der Waals surface area (Å²) in [6, 6.07) is 0. The van der Waals surface area contributed by atoms with E-state index in [1.54, 1.807) is 0 Å². The van der Waals surface area contributed by atoms with Gasteiger partial charge in [0.1, 0.15) is 0 Å². The second-order valence-electron chi connectivity index (χ2n) is 12.9. The summed E-state index contributed by atoms with van der Waals surface area (Å²) >= 11 is 0. The zero-order chi connectivity index (χ0) is 31.9. The third kappa shape index (κ3) is 38.5. The standard InChI is InChI=1S/C42H76O2/c1-3-5-7-9-11-13-15-17-19-21-23-24-26-28-30-32-34-36-38-40-42(43)44-41-39-37-35-33-31-29-27-25-22-20-18-16-14-12-10-8-6-4-2/h12,14,18,20,25,27,31,33H,3-11,13,15-17,19,21-24,26,28-30,32,34-41H2,1-2H3/b14-12-,20-18-,27-25-,33-31-. The van der Waals surface area contributed by atoms with Crippen molar-refractivity contribution < 1.29 is 9.53 Å². The van der Waals surface area contributed by atoms with Crippen molar-refractivity contribution in [1.82, 2.24) is 0 Å². The van der Waals surface area contributed by atoms with Gasteiger partial charge < -0.3 is 4.74 Å². The molecule has 0 aromatic heterocycles. The first kappa shape index (κ1) is 42.4. The minimum atomic E-state index is -0.00491. The van der Waals surface area contributed by atoms with E-state index in [1.807, 2.05) is 0 Å². The van der Waals surface area contributed by atoms with E-state index in [4.69, 9.17) is 4.74 Å². The van der Waals surface area contributed by atoms with Gasteiger partial charge in [0.2, 0.25) is 0 Å². The number of hydrogen-bond acceptors (Lipinski definition) is 2. The highest BCUT2D eigenvalue weighted by Crippen LogP contribution is 2.15. The molecule has 256 valence electrons. The lowest BCUT2D eigenvalue weighted by Gasteiger charge is -2.05. The van der Waals surface area contributed by atoms with Crippen LogP contribution in [0.25, 0.3) is 0 Å². The summed E-state index contributed by atoms with van der Waals surface area (Å²) in [4.78, 5) is 12.0. The minimum absolute atomic E-state index is 0.00491. The van der Waals surface area contributed by atoms with Crippen molar-refractivity contribution in [3.8, 4) is 0 Å². The van der Waals surface area contributed by atoms with E-state index in [-0.39, 0.29) is 5.97 Å². The fourth-order valence-electron chi connectivity index (χ4n) is 5.53.